The molecule has 1 fully saturated rings. The Morgan fingerprint density at radius 3 is 2.54 bits per heavy atom. The molecule has 1 aromatic carbocycles. The summed E-state index contributed by atoms with van der Waals surface area (Å²) in [7, 11) is 1.35. The molecule has 5 heterocycles. The number of Topliss-reactive ketones (excluding diaryl/α,β-unsaturated/α-hetero) is 1. The number of hydrogen-bond acceptors (Lipinski definition) is 9. The number of piperidine rings is 1. The van der Waals surface area contributed by atoms with Gasteiger partial charge in [0, 0.05) is 36.8 Å². The van der Waals surface area contributed by atoms with E-state index in [1.807, 2.05) is 64.1 Å². The molecule has 1 amide bonds. The molecule has 246 valence electrons. The molecule has 1 atom stereocenters. The Bertz CT molecular complexity index is 1630. The molecule has 0 radical (unpaired) electrons. The number of amides is 1. The van der Waals surface area contributed by atoms with Crippen molar-refractivity contribution >= 4 is 28.9 Å². The standard InChI is InChI=1S/C35H44N4O7/c1-23-22-39-27-20-26(37-39)32(41)36-21-25(40)19-24-11-7-8-12-28(24)44-17-9-10-18-45-35(5)13-15-38(16-14-35)30(27)29(23)31(33(42)43-6)46-34(2,3)4/h7-12,20,22,31H,13-19,21H2,1-6H3,(H,36,41). The number of anilines is 1. The van der Waals surface area contributed by atoms with Gasteiger partial charge in [0.05, 0.1) is 42.7 Å². The lowest BCUT2D eigenvalue weighted by Crippen LogP contribution is -2.45. The van der Waals surface area contributed by atoms with Gasteiger partial charge in [-0.15, -0.1) is 0 Å². The average Bonchev–Trinajstić information content (AvgIpc) is 3.43. The first-order valence-electron chi connectivity index (χ1n) is 15.7. The molecule has 46 heavy (non-hydrogen) atoms. The van der Waals surface area contributed by atoms with Crippen molar-refractivity contribution in [2.75, 3.05) is 44.9 Å². The van der Waals surface area contributed by atoms with Gasteiger partial charge in [-0.05, 0) is 71.2 Å². The zero-order chi connectivity index (χ0) is 33.1. The molecule has 6 rings (SSSR count). The number of fused-ring (bicyclic) bond motifs is 10. The van der Waals surface area contributed by atoms with Gasteiger partial charge >= 0.3 is 5.97 Å². The third-order valence-corrected chi connectivity index (χ3v) is 8.33. The fraction of sp³-hybridized carbons (Fsp3) is 0.486. The van der Waals surface area contributed by atoms with Crippen LogP contribution in [0.4, 0.5) is 5.69 Å². The second kappa shape index (κ2) is 13.6. The van der Waals surface area contributed by atoms with Gasteiger partial charge in [0.2, 0.25) is 0 Å². The smallest absolute Gasteiger partial charge is 0.339 e. The number of ether oxygens (including phenoxy) is 4. The maximum absolute atomic E-state index is 13.3. The Morgan fingerprint density at radius 1 is 1.11 bits per heavy atom. The monoisotopic (exact) mass is 632 g/mol. The van der Waals surface area contributed by atoms with Crippen LogP contribution in [-0.2, 0) is 30.2 Å². The van der Waals surface area contributed by atoms with E-state index >= 15 is 0 Å². The number of methoxy groups -OCH3 is 1. The molecule has 4 bridgehead atoms. The van der Waals surface area contributed by atoms with E-state index in [1.165, 1.54) is 7.11 Å². The number of nitrogens with one attached hydrogen (secondary N) is 1. The van der Waals surface area contributed by atoms with Crippen molar-refractivity contribution in [3.8, 4) is 5.75 Å². The van der Waals surface area contributed by atoms with E-state index < -0.39 is 23.6 Å². The average molecular weight is 633 g/mol. The first-order valence-corrected chi connectivity index (χ1v) is 15.7. The van der Waals surface area contributed by atoms with Crippen LogP contribution < -0.4 is 15.0 Å². The predicted octanol–water partition coefficient (Wildman–Crippen LogP) is 4.54. The van der Waals surface area contributed by atoms with Crippen LogP contribution in [-0.4, -0.2) is 78.4 Å². The summed E-state index contributed by atoms with van der Waals surface area (Å²) in [5.74, 6) is -0.534. The lowest BCUT2D eigenvalue weighted by molar-refractivity contribution is -0.164. The lowest BCUT2D eigenvalue weighted by atomic mass is 9.91. The van der Waals surface area contributed by atoms with Crippen molar-refractivity contribution in [3.05, 3.63) is 71.1 Å². The van der Waals surface area contributed by atoms with Crippen molar-refractivity contribution < 1.29 is 33.3 Å². The van der Waals surface area contributed by atoms with E-state index in [0.29, 0.717) is 43.1 Å². The number of nitrogens with zero attached hydrogens (tertiary/aromatic N) is 3. The van der Waals surface area contributed by atoms with Crippen molar-refractivity contribution in [1.29, 1.82) is 0 Å². The number of para-hydroxylation sites is 1. The number of aromatic nitrogens is 2. The van der Waals surface area contributed by atoms with Crippen LogP contribution in [0.25, 0.3) is 5.52 Å². The van der Waals surface area contributed by atoms with Crippen molar-refractivity contribution in [2.45, 2.75) is 71.2 Å². The summed E-state index contributed by atoms with van der Waals surface area (Å²) in [6, 6.07) is 9.09. The van der Waals surface area contributed by atoms with Crippen LogP contribution >= 0.6 is 0 Å². The van der Waals surface area contributed by atoms with Crippen LogP contribution in [0.3, 0.4) is 0 Å². The molecule has 1 N–H and O–H groups in total. The molecular formula is C35H44N4O7. The van der Waals surface area contributed by atoms with Crippen LogP contribution in [0.2, 0.25) is 0 Å². The SMILES string of the molecule is COC(=O)C(OC(C)(C)C)c1c(C)cn2nc3cc2c1N1CCC(C)(CC1)OCC=CCOc1ccccc1CC(=O)CNC3=O. The van der Waals surface area contributed by atoms with Gasteiger partial charge in [0.25, 0.3) is 5.91 Å². The van der Waals surface area contributed by atoms with E-state index in [0.717, 1.165) is 29.7 Å². The van der Waals surface area contributed by atoms with E-state index in [4.69, 9.17) is 18.9 Å². The fourth-order valence-electron chi connectivity index (χ4n) is 5.91. The van der Waals surface area contributed by atoms with Crippen LogP contribution in [0.5, 0.6) is 5.75 Å². The quantitative estimate of drug-likeness (QED) is 0.328. The summed E-state index contributed by atoms with van der Waals surface area (Å²) in [6.45, 7) is 11.6. The molecule has 1 saturated heterocycles. The maximum Gasteiger partial charge on any atom is 0.339 e. The van der Waals surface area contributed by atoms with Crippen molar-refractivity contribution in [2.24, 2.45) is 0 Å². The van der Waals surface area contributed by atoms with Crippen LogP contribution in [0, 0.1) is 6.92 Å². The lowest BCUT2D eigenvalue weighted by Gasteiger charge is -2.41. The molecule has 2 aromatic heterocycles. The molecule has 3 aliphatic heterocycles. The fourth-order valence-corrected chi connectivity index (χ4v) is 5.91. The highest BCUT2D eigenvalue weighted by molar-refractivity contribution is 5.98. The van der Waals surface area contributed by atoms with Crippen LogP contribution in [0.1, 0.15) is 73.8 Å². The van der Waals surface area contributed by atoms with Gasteiger partial charge in [-0.25, -0.2) is 9.31 Å². The van der Waals surface area contributed by atoms with E-state index in [-0.39, 0.29) is 30.0 Å². The summed E-state index contributed by atoms with van der Waals surface area (Å²) in [5, 5.41) is 7.33. The van der Waals surface area contributed by atoms with Crippen LogP contribution in [0.15, 0.2) is 48.7 Å². The minimum absolute atomic E-state index is 0.108. The highest BCUT2D eigenvalue weighted by Crippen LogP contribution is 2.41. The Labute approximate surface area is 269 Å². The molecule has 1 unspecified atom stereocenters. The number of rotatable bonds is 3. The number of ketones is 1. The molecule has 0 spiro atoms. The van der Waals surface area contributed by atoms with Gasteiger partial charge in [-0.2, -0.15) is 5.10 Å². The normalized spacial score (nSPS) is 18.4. The third-order valence-electron chi connectivity index (χ3n) is 8.33. The van der Waals surface area contributed by atoms with E-state index in [1.54, 1.807) is 16.8 Å². The summed E-state index contributed by atoms with van der Waals surface area (Å²) in [4.78, 5) is 41.7. The third kappa shape index (κ3) is 7.59. The minimum Gasteiger partial charge on any atom is -0.489 e. The van der Waals surface area contributed by atoms with E-state index in [2.05, 4.69) is 22.2 Å². The number of carbonyl (C=O) groups excluding carboxylic acids is 3. The first kappa shape index (κ1) is 33.2. The second-order valence-corrected chi connectivity index (χ2v) is 13.1. The zero-order valence-electron chi connectivity index (χ0n) is 27.6. The highest BCUT2D eigenvalue weighted by Gasteiger charge is 2.37. The molecule has 0 saturated carbocycles. The summed E-state index contributed by atoms with van der Waals surface area (Å²) in [5.41, 5.74) is 2.72. The molecule has 3 aromatic rings. The largest absolute Gasteiger partial charge is 0.489 e. The highest BCUT2D eigenvalue weighted by atomic mass is 16.6. The van der Waals surface area contributed by atoms with Gasteiger partial charge in [0.15, 0.2) is 17.6 Å². The molecule has 0 aliphatic carbocycles. The summed E-state index contributed by atoms with van der Waals surface area (Å²) >= 11 is 0. The number of pyridine rings is 1. The Hall–Kier alpha value is -4.22. The molecule has 11 heteroatoms. The predicted molar refractivity (Wildman–Crippen MR) is 173 cm³/mol. The number of benzene rings is 1. The summed E-state index contributed by atoms with van der Waals surface area (Å²) in [6.07, 6.45) is 6.21. The Kier molecular flexibility index (Phi) is 9.83. The van der Waals surface area contributed by atoms with E-state index in [9.17, 15) is 14.4 Å². The Balaban J connectivity index is 1.57. The second-order valence-electron chi connectivity index (χ2n) is 13.1. The van der Waals surface area contributed by atoms with Gasteiger partial charge in [-0.1, -0.05) is 24.3 Å². The number of carbonyl (C=O) groups is 3. The molecule has 11 nitrogen and oxygen atoms in total. The van der Waals surface area contributed by atoms with Crippen molar-refractivity contribution in [1.82, 2.24) is 14.9 Å². The number of hydrogen-bond donors (Lipinski definition) is 1. The van der Waals surface area contributed by atoms with Gasteiger partial charge < -0.3 is 29.2 Å². The molecule has 3 aliphatic rings. The molecular weight excluding hydrogens is 588 g/mol. The number of esters is 1. The maximum atomic E-state index is 13.3. The summed E-state index contributed by atoms with van der Waals surface area (Å²) < 4.78 is 25.5. The van der Waals surface area contributed by atoms with Crippen molar-refractivity contribution in [3.63, 3.8) is 0 Å². The topological polar surface area (TPSA) is 121 Å². The zero-order valence-corrected chi connectivity index (χ0v) is 27.6. The number of aryl methyl sites for hydroxylation is 1. The minimum atomic E-state index is -1.01. The van der Waals surface area contributed by atoms with Gasteiger partial charge in [0.1, 0.15) is 12.4 Å². The Morgan fingerprint density at radius 2 is 1.83 bits per heavy atom. The first-order chi connectivity index (χ1) is 21.9. The van der Waals surface area contributed by atoms with Gasteiger partial charge in [-0.3, -0.25) is 9.59 Å².